The minimum Gasteiger partial charge on any atom is -0.344 e. The third kappa shape index (κ3) is 2.16. The first-order chi connectivity index (χ1) is 4.30. The van der Waals surface area contributed by atoms with Crippen molar-refractivity contribution in [2.75, 3.05) is 0 Å². The van der Waals surface area contributed by atoms with Crippen LogP contribution >= 0.6 is 0 Å². The third-order valence-corrected chi connectivity index (χ3v) is 1.69. The van der Waals surface area contributed by atoms with Crippen LogP contribution in [0.1, 0.15) is 0 Å². The van der Waals surface area contributed by atoms with Crippen LogP contribution in [0.4, 0.5) is 0 Å². The summed E-state index contributed by atoms with van der Waals surface area (Å²) in [4.78, 5) is 0.368. The monoisotopic (exact) mass is 159 g/mol. The van der Waals surface area contributed by atoms with Crippen molar-refractivity contribution >= 4 is 10.7 Å². The average Bonchev–Trinajstić information content (AvgIpc) is 1.90. The largest absolute Gasteiger partial charge is 0.344 e. The Labute approximate surface area is 61.2 Å². The van der Waals surface area contributed by atoms with Crippen LogP contribution in [0.5, 0.6) is 0 Å². The first kappa shape index (κ1) is 9.13. The molecule has 3 nitrogen and oxygen atoms in total. The van der Waals surface area contributed by atoms with E-state index in [1.807, 2.05) is 0 Å². The van der Waals surface area contributed by atoms with Crippen LogP contribution in [0.2, 0.25) is 0 Å². The molecule has 10 heavy (non-hydrogen) atoms. The summed E-state index contributed by atoms with van der Waals surface area (Å²) in [6, 6.07) is 8.29. The fourth-order valence-corrected chi connectivity index (χ4v) is 0.965. The Morgan fingerprint density at radius 2 is 1.50 bits per heavy atom. The Morgan fingerprint density at radius 1 is 1.00 bits per heavy atom. The van der Waals surface area contributed by atoms with E-state index in [0.717, 1.165) is 0 Å². The Balaban J connectivity index is 0.000000810. The fraction of sp³-hybridized carbons (Fsp3) is 0. The van der Waals surface area contributed by atoms with Crippen molar-refractivity contribution in [1.82, 2.24) is 6.15 Å². The summed E-state index contributed by atoms with van der Waals surface area (Å²) in [7, 11) is -2.40. The maximum atomic E-state index is 10.2. The van der Waals surface area contributed by atoms with Crippen LogP contribution in [0.3, 0.4) is 0 Å². The standard InChI is InChI=1S/C6H6O2S.H3N/c7-9(8)6-4-2-1-3-5-6;/h1-5,9H;1H3. The highest BCUT2D eigenvalue weighted by molar-refractivity contribution is 7.72. The highest BCUT2D eigenvalue weighted by atomic mass is 32.2. The number of rotatable bonds is 1. The van der Waals surface area contributed by atoms with Gasteiger partial charge in [-0.3, -0.25) is 0 Å². The Bertz CT molecular complexity index is 248. The van der Waals surface area contributed by atoms with Crippen molar-refractivity contribution in [3.63, 3.8) is 0 Å². The summed E-state index contributed by atoms with van der Waals surface area (Å²) < 4.78 is 20.5. The molecule has 0 spiro atoms. The van der Waals surface area contributed by atoms with E-state index in [1.165, 1.54) is 0 Å². The molecule has 0 atom stereocenters. The molecule has 1 rings (SSSR count). The number of hydrogen-bond acceptors (Lipinski definition) is 3. The van der Waals surface area contributed by atoms with Crippen molar-refractivity contribution in [2.45, 2.75) is 4.90 Å². The molecule has 0 aliphatic heterocycles. The van der Waals surface area contributed by atoms with Crippen molar-refractivity contribution in [2.24, 2.45) is 0 Å². The Kier molecular flexibility index (Phi) is 3.68. The lowest BCUT2D eigenvalue weighted by molar-refractivity contribution is 0.614. The fourth-order valence-electron chi connectivity index (χ4n) is 0.550. The second-order valence-electron chi connectivity index (χ2n) is 1.59. The van der Waals surface area contributed by atoms with Crippen molar-refractivity contribution in [1.29, 1.82) is 0 Å². The Morgan fingerprint density at radius 3 is 1.80 bits per heavy atom. The van der Waals surface area contributed by atoms with Crippen LogP contribution in [-0.4, -0.2) is 8.42 Å². The molecule has 1 aromatic carbocycles. The Hall–Kier alpha value is -0.870. The third-order valence-electron chi connectivity index (χ3n) is 0.967. The zero-order chi connectivity index (χ0) is 6.69. The molecule has 0 aliphatic rings. The van der Waals surface area contributed by atoms with Gasteiger partial charge in [-0.15, -0.1) is 0 Å². The van der Waals surface area contributed by atoms with Gasteiger partial charge in [0.25, 0.3) is 0 Å². The summed E-state index contributed by atoms with van der Waals surface area (Å²) in [5.74, 6) is 0. The second-order valence-corrected chi connectivity index (χ2v) is 2.62. The lowest BCUT2D eigenvalue weighted by Crippen LogP contribution is -1.75. The van der Waals surface area contributed by atoms with Crippen LogP contribution in [0.25, 0.3) is 0 Å². The summed E-state index contributed by atoms with van der Waals surface area (Å²) in [6.07, 6.45) is 0. The van der Waals surface area contributed by atoms with Gasteiger partial charge in [0, 0.05) is 0 Å². The summed E-state index contributed by atoms with van der Waals surface area (Å²) in [6.45, 7) is 0. The smallest absolute Gasteiger partial charge is 0.168 e. The van der Waals surface area contributed by atoms with Gasteiger partial charge < -0.3 is 6.15 Å². The van der Waals surface area contributed by atoms with Gasteiger partial charge in [0.15, 0.2) is 10.7 Å². The minimum absolute atomic E-state index is 0. The van der Waals surface area contributed by atoms with Crippen LogP contribution in [0.15, 0.2) is 35.2 Å². The van der Waals surface area contributed by atoms with E-state index in [0.29, 0.717) is 4.90 Å². The molecule has 0 unspecified atom stereocenters. The summed E-state index contributed by atoms with van der Waals surface area (Å²) in [5.41, 5.74) is 0. The molecule has 0 radical (unpaired) electrons. The molecule has 3 N–H and O–H groups in total. The van der Waals surface area contributed by atoms with Crippen LogP contribution in [0, 0.1) is 0 Å². The van der Waals surface area contributed by atoms with E-state index in [2.05, 4.69) is 0 Å². The normalized spacial score (nSPS) is 8.90. The molecule has 0 heterocycles. The van der Waals surface area contributed by atoms with Crippen molar-refractivity contribution < 1.29 is 8.42 Å². The SMILES string of the molecule is N.O=[SH](=O)c1ccccc1. The minimum atomic E-state index is -2.40. The van der Waals surface area contributed by atoms with Crippen LogP contribution in [-0.2, 0) is 10.7 Å². The van der Waals surface area contributed by atoms with Gasteiger partial charge in [-0.2, -0.15) is 0 Å². The summed E-state index contributed by atoms with van der Waals surface area (Å²) in [5, 5.41) is 0. The maximum Gasteiger partial charge on any atom is 0.168 e. The highest BCUT2D eigenvalue weighted by Crippen LogP contribution is 1.97. The zero-order valence-corrected chi connectivity index (χ0v) is 6.25. The molecule has 0 saturated carbocycles. The van der Waals surface area contributed by atoms with E-state index in [1.54, 1.807) is 30.3 Å². The van der Waals surface area contributed by atoms with E-state index in [9.17, 15) is 8.42 Å². The first-order valence-corrected chi connectivity index (χ1v) is 3.68. The van der Waals surface area contributed by atoms with Crippen molar-refractivity contribution in [3.05, 3.63) is 30.3 Å². The number of thiol groups is 1. The number of hydrogen-bond donors (Lipinski definition) is 2. The van der Waals surface area contributed by atoms with E-state index < -0.39 is 10.7 Å². The van der Waals surface area contributed by atoms with E-state index >= 15 is 0 Å². The van der Waals surface area contributed by atoms with E-state index in [-0.39, 0.29) is 6.15 Å². The molecule has 0 fully saturated rings. The lowest BCUT2D eigenvalue weighted by Gasteiger charge is -1.83. The predicted octanol–water partition coefficient (Wildman–Crippen LogP) is 0.819. The molecule has 0 saturated heterocycles. The molecule has 0 aromatic heterocycles. The molecule has 1 aromatic rings. The quantitative estimate of drug-likeness (QED) is 0.596. The van der Waals surface area contributed by atoms with Gasteiger partial charge in [0.05, 0.1) is 4.90 Å². The average molecular weight is 159 g/mol. The summed E-state index contributed by atoms with van der Waals surface area (Å²) >= 11 is 0. The van der Waals surface area contributed by atoms with Gasteiger partial charge in [0.1, 0.15) is 0 Å². The van der Waals surface area contributed by atoms with Gasteiger partial charge >= 0.3 is 0 Å². The molecule has 4 heteroatoms. The molecule has 0 aliphatic carbocycles. The van der Waals surface area contributed by atoms with Gasteiger partial charge in [-0.05, 0) is 12.1 Å². The van der Waals surface area contributed by atoms with Crippen LogP contribution < -0.4 is 6.15 Å². The lowest BCUT2D eigenvalue weighted by atomic mass is 10.4. The van der Waals surface area contributed by atoms with Crippen molar-refractivity contribution in [3.8, 4) is 0 Å². The molecule has 0 amide bonds. The molecule has 0 bridgehead atoms. The maximum absolute atomic E-state index is 10.2. The molecule has 56 valence electrons. The van der Waals surface area contributed by atoms with Gasteiger partial charge in [-0.25, -0.2) is 8.42 Å². The van der Waals surface area contributed by atoms with Gasteiger partial charge in [-0.1, -0.05) is 18.2 Å². The first-order valence-electron chi connectivity index (χ1n) is 2.50. The highest BCUT2D eigenvalue weighted by Gasteiger charge is 1.87. The second kappa shape index (κ2) is 4.03. The van der Waals surface area contributed by atoms with Gasteiger partial charge in [0.2, 0.25) is 0 Å². The predicted molar refractivity (Wildman–Crippen MR) is 40.0 cm³/mol. The zero-order valence-electron chi connectivity index (χ0n) is 5.36. The number of benzene rings is 1. The molecular weight excluding hydrogens is 150 g/mol. The molecular formula is C6H9NO2S. The van der Waals surface area contributed by atoms with E-state index in [4.69, 9.17) is 0 Å². The topological polar surface area (TPSA) is 69.1 Å².